The fourth-order valence-electron chi connectivity index (χ4n) is 3.81. The van der Waals surface area contributed by atoms with Crippen LogP contribution in [0.15, 0.2) is 24.4 Å². The minimum absolute atomic E-state index is 0.218. The van der Waals surface area contributed by atoms with E-state index >= 15 is 0 Å². The Hall–Kier alpha value is -2.23. The normalized spacial score (nSPS) is 21.8. The lowest BCUT2D eigenvalue weighted by molar-refractivity contribution is 0.0968. The molecule has 2 aliphatic rings. The average Bonchev–Trinajstić information content (AvgIpc) is 3.36. The Balaban J connectivity index is 1.95. The molecule has 0 amide bonds. The van der Waals surface area contributed by atoms with Crippen molar-refractivity contribution in [3.05, 3.63) is 35.5 Å². The summed E-state index contributed by atoms with van der Waals surface area (Å²) < 4.78 is 13.2. The summed E-state index contributed by atoms with van der Waals surface area (Å²) in [5.74, 6) is 2.28. The van der Waals surface area contributed by atoms with Crippen LogP contribution in [0, 0.1) is 5.92 Å². The summed E-state index contributed by atoms with van der Waals surface area (Å²) in [5.41, 5.74) is 4.20. The van der Waals surface area contributed by atoms with Crippen molar-refractivity contribution in [3.8, 4) is 22.8 Å². The minimum Gasteiger partial charge on any atom is -0.493 e. The van der Waals surface area contributed by atoms with Gasteiger partial charge in [-0.15, -0.1) is 0 Å². The van der Waals surface area contributed by atoms with E-state index < -0.39 is 0 Å². The van der Waals surface area contributed by atoms with Crippen LogP contribution in [0.5, 0.6) is 11.5 Å². The van der Waals surface area contributed by atoms with Gasteiger partial charge in [-0.25, -0.2) is 0 Å². The summed E-state index contributed by atoms with van der Waals surface area (Å²) in [6, 6.07) is 6.38. The van der Waals surface area contributed by atoms with Crippen LogP contribution in [-0.2, 0) is 0 Å². The molecule has 4 nitrogen and oxygen atoms in total. The summed E-state index contributed by atoms with van der Waals surface area (Å²) in [4.78, 5) is 12.7. The highest BCUT2D eigenvalue weighted by Crippen LogP contribution is 2.49. The molecule has 1 saturated carbocycles. The zero-order valence-corrected chi connectivity index (χ0v) is 14.6. The first-order chi connectivity index (χ1) is 11.6. The molecule has 2 atom stereocenters. The maximum absolute atomic E-state index is 12.7. The van der Waals surface area contributed by atoms with E-state index in [0.29, 0.717) is 17.7 Å². The molecule has 0 N–H and O–H groups in total. The summed E-state index contributed by atoms with van der Waals surface area (Å²) in [6.07, 6.45) is 4.11. The molecule has 0 bridgehead atoms. The van der Waals surface area contributed by atoms with Crippen molar-refractivity contribution < 1.29 is 14.3 Å². The fourth-order valence-corrected chi connectivity index (χ4v) is 3.81. The molecule has 24 heavy (non-hydrogen) atoms. The van der Waals surface area contributed by atoms with Gasteiger partial charge >= 0.3 is 0 Å². The minimum atomic E-state index is 0.218. The summed E-state index contributed by atoms with van der Waals surface area (Å²) in [6.45, 7) is 4.43. The highest BCUT2D eigenvalue weighted by Gasteiger charge is 2.37. The van der Waals surface area contributed by atoms with Gasteiger partial charge in [-0.1, -0.05) is 6.92 Å². The van der Waals surface area contributed by atoms with E-state index in [9.17, 15) is 4.79 Å². The van der Waals surface area contributed by atoms with Crippen molar-refractivity contribution in [3.63, 3.8) is 0 Å². The molecular formula is C20H23NO3. The number of carbonyl (C=O) groups is 1. The average molecular weight is 325 g/mol. The first-order valence-corrected chi connectivity index (χ1v) is 8.58. The maximum Gasteiger partial charge on any atom is 0.168 e. The number of hydrogen-bond acceptors (Lipinski definition) is 3. The Labute approximate surface area is 142 Å². The van der Waals surface area contributed by atoms with Crippen LogP contribution < -0.4 is 9.47 Å². The number of rotatable bonds is 4. The van der Waals surface area contributed by atoms with Crippen LogP contribution in [0.25, 0.3) is 11.3 Å². The van der Waals surface area contributed by atoms with Crippen LogP contribution in [-0.4, -0.2) is 24.6 Å². The zero-order valence-electron chi connectivity index (χ0n) is 14.6. The molecule has 1 aromatic heterocycles. The molecule has 4 heteroatoms. The number of benzene rings is 1. The van der Waals surface area contributed by atoms with Crippen molar-refractivity contribution in [1.29, 1.82) is 0 Å². The Morgan fingerprint density at radius 3 is 2.42 bits per heavy atom. The van der Waals surface area contributed by atoms with E-state index in [1.807, 2.05) is 12.1 Å². The van der Waals surface area contributed by atoms with Crippen LogP contribution >= 0.6 is 0 Å². The van der Waals surface area contributed by atoms with Gasteiger partial charge < -0.3 is 14.0 Å². The van der Waals surface area contributed by atoms with Crippen LogP contribution in [0.1, 0.15) is 54.6 Å². The third-order valence-corrected chi connectivity index (χ3v) is 5.59. The number of ether oxygens (including phenoxy) is 2. The third-order valence-electron chi connectivity index (χ3n) is 5.59. The molecule has 1 fully saturated rings. The van der Waals surface area contributed by atoms with Gasteiger partial charge in [0.25, 0.3) is 0 Å². The number of hydrogen-bond donors (Lipinski definition) is 0. The van der Waals surface area contributed by atoms with Crippen LogP contribution in [0.3, 0.4) is 0 Å². The van der Waals surface area contributed by atoms with Gasteiger partial charge in [0.15, 0.2) is 17.3 Å². The van der Waals surface area contributed by atoms with E-state index in [1.54, 1.807) is 14.2 Å². The molecule has 0 spiro atoms. The SMILES string of the molecule is COc1cc2c(cc1OC)C(C)C(C)n1ccc(C(=O)C3CC3)c1-2. The lowest BCUT2D eigenvalue weighted by Crippen LogP contribution is -2.20. The molecule has 0 saturated heterocycles. The number of carbonyl (C=O) groups excluding carboxylic acids is 1. The van der Waals surface area contributed by atoms with E-state index in [4.69, 9.17) is 9.47 Å². The number of ketones is 1. The van der Waals surface area contributed by atoms with Crippen molar-refractivity contribution in [2.24, 2.45) is 5.92 Å². The van der Waals surface area contributed by atoms with E-state index in [0.717, 1.165) is 35.4 Å². The second-order valence-electron chi connectivity index (χ2n) is 6.95. The number of nitrogens with zero attached hydrogens (tertiary/aromatic N) is 1. The number of Topliss-reactive ketones (excluding diaryl/α,β-unsaturated/α-hetero) is 1. The van der Waals surface area contributed by atoms with Gasteiger partial charge in [-0.3, -0.25) is 4.79 Å². The third kappa shape index (κ3) is 2.09. The predicted octanol–water partition coefficient (Wildman–Crippen LogP) is 4.44. The largest absolute Gasteiger partial charge is 0.493 e. The predicted molar refractivity (Wildman–Crippen MR) is 93.2 cm³/mol. The summed E-state index contributed by atoms with van der Waals surface area (Å²) in [7, 11) is 3.31. The molecule has 2 aromatic rings. The molecule has 2 heterocycles. The van der Waals surface area contributed by atoms with E-state index in [-0.39, 0.29) is 11.7 Å². The van der Waals surface area contributed by atoms with Gasteiger partial charge in [0.2, 0.25) is 0 Å². The topological polar surface area (TPSA) is 40.5 Å². The van der Waals surface area contributed by atoms with Crippen molar-refractivity contribution in [1.82, 2.24) is 4.57 Å². The Morgan fingerprint density at radius 1 is 1.12 bits per heavy atom. The molecule has 126 valence electrons. The smallest absolute Gasteiger partial charge is 0.168 e. The molecular weight excluding hydrogens is 302 g/mol. The maximum atomic E-state index is 12.7. The Morgan fingerprint density at radius 2 is 1.79 bits per heavy atom. The van der Waals surface area contributed by atoms with Gasteiger partial charge in [0.1, 0.15) is 0 Å². The molecule has 0 radical (unpaired) electrons. The highest BCUT2D eigenvalue weighted by atomic mass is 16.5. The molecule has 1 aliphatic carbocycles. The first-order valence-electron chi connectivity index (χ1n) is 8.58. The first kappa shape index (κ1) is 15.3. The monoisotopic (exact) mass is 325 g/mol. The van der Waals surface area contributed by atoms with E-state index in [1.165, 1.54) is 5.56 Å². The van der Waals surface area contributed by atoms with Gasteiger partial charge in [0, 0.05) is 35.2 Å². The van der Waals surface area contributed by atoms with Crippen molar-refractivity contribution in [2.75, 3.05) is 14.2 Å². The van der Waals surface area contributed by atoms with E-state index in [2.05, 4.69) is 30.7 Å². The van der Waals surface area contributed by atoms with Crippen molar-refractivity contribution in [2.45, 2.75) is 38.6 Å². The van der Waals surface area contributed by atoms with Crippen LogP contribution in [0.4, 0.5) is 0 Å². The number of methoxy groups -OCH3 is 2. The molecule has 2 unspecified atom stereocenters. The van der Waals surface area contributed by atoms with Gasteiger partial charge in [0.05, 0.1) is 19.9 Å². The fraction of sp³-hybridized carbons (Fsp3) is 0.450. The van der Waals surface area contributed by atoms with Gasteiger partial charge in [-0.05, 0) is 43.5 Å². The Bertz CT molecular complexity index is 817. The summed E-state index contributed by atoms with van der Waals surface area (Å²) >= 11 is 0. The standard InChI is InChI=1S/C20H23NO3/c1-11-12(2)21-8-7-14(20(22)13-5-6-13)19(21)16-10-18(24-4)17(23-3)9-15(11)16/h7-13H,5-6H2,1-4H3. The zero-order chi connectivity index (χ0) is 17.0. The summed E-state index contributed by atoms with van der Waals surface area (Å²) in [5, 5.41) is 0. The number of aromatic nitrogens is 1. The highest BCUT2D eigenvalue weighted by molar-refractivity contribution is 6.05. The lowest BCUT2D eigenvalue weighted by atomic mass is 9.84. The molecule has 4 rings (SSSR count). The Kier molecular flexibility index (Phi) is 3.44. The lowest BCUT2D eigenvalue weighted by Gasteiger charge is -2.33. The second kappa shape index (κ2) is 5.40. The quantitative estimate of drug-likeness (QED) is 0.780. The number of fused-ring (bicyclic) bond motifs is 3. The van der Waals surface area contributed by atoms with Gasteiger partial charge in [-0.2, -0.15) is 0 Å². The van der Waals surface area contributed by atoms with Crippen molar-refractivity contribution >= 4 is 5.78 Å². The molecule has 1 aliphatic heterocycles. The molecule has 1 aromatic carbocycles. The second-order valence-corrected chi connectivity index (χ2v) is 6.95. The van der Waals surface area contributed by atoms with Crippen LogP contribution in [0.2, 0.25) is 0 Å².